The number of nitrogens with one attached hydrogen (secondary N) is 1. The van der Waals surface area contributed by atoms with Gasteiger partial charge in [-0.15, -0.1) is 10.2 Å². The van der Waals surface area contributed by atoms with Crippen LogP contribution in [0.4, 0.5) is 11.5 Å². The third-order valence-corrected chi connectivity index (χ3v) is 6.26. The van der Waals surface area contributed by atoms with Crippen LogP contribution in [0.3, 0.4) is 0 Å². The summed E-state index contributed by atoms with van der Waals surface area (Å²) in [5, 5.41) is 9.04. The van der Waals surface area contributed by atoms with E-state index in [1.165, 1.54) is 21.2 Å². The van der Waals surface area contributed by atoms with Crippen molar-refractivity contribution < 1.29 is 4.79 Å². The van der Waals surface area contributed by atoms with Crippen LogP contribution in [0, 0.1) is 5.92 Å². The second kappa shape index (κ2) is 11.2. The Labute approximate surface area is 202 Å². The van der Waals surface area contributed by atoms with Crippen molar-refractivity contribution in [3.63, 3.8) is 0 Å². The number of anilines is 2. The first kappa shape index (κ1) is 25.3. The fourth-order valence-electron chi connectivity index (χ4n) is 3.55. The van der Waals surface area contributed by atoms with Crippen molar-refractivity contribution in [1.82, 2.24) is 24.3 Å². The highest BCUT2D eigenvalue weighted by Crippen LogP contribution is 2.24. The Morgan fingerprint density at radius 2 is 1.91 bits per heavy atom. The van der Waals surface area contributed by atoms with E-state index in [0.29, 0.717) is 30.5 Å². The highest BCUT2D eigenvalue weighted by Gasteiger charge is 2.25. The standard InChI is InChI=1S/C23H31N7O3S/c1-5-6-12-29(18-19(24)30(13-15(2)3)22(33)25-21(18)32)17(31)14-34-23-27-26-20(28(23)4)16-10-8-7-9-11-16/h7-11,15H,5-6,12-14,24H2,1-4H3,(H,25,32,33). The van der Waals surface area contributed by atoms with E-state index >= 15 is 0 Å². The van der Waals surface area contributed by atoms with Crippen molar-refractivity contribution in [3.05, 3.63) is 51.2 Å². The first-order valence-electron chi connectivity index (χ1n) is 11.2. The molecule has 11 heteroatoms. The number of benzene rings is 1. The molecule has 0 unspecified atom stereocenters. The minimum atomic E-state index is -0.665. The molecule has 10 nitrogen and oxygen atoms in total. The predicted molar refractivity (Wildman–Crippen MR) is 135 cm³/mol. The quantitative estimate of drug-likeness (QED) is 0.422. The Balaban J connectivity index is 1.87. The molecule has 0 aliphatic rings. The lowest BCUT2D eigenvalue weighted by Crippen LogP contribution is -2.42. The van der Waals surface area contributed by atoms with E-state index in [2.05, 4.69) is 15.2 Å². The third-order valence-electron chi connectivity index (χ3n) is 5.26. The van der Waals surface area contributed by atoms with Crippen molar-refractivity contribution >= 4 is 29.2 Å². The van der Waals surface area contributed by atoms with Crippen molar-refractivity contribution in [2.45, 2.75) is 45.3 Å². The number of thioether (sulfide) groups is 1. The molecule has 182 valence electrons. The van der Waals surface area contributed by atoms with E-state index in [0.717, 1.165) is 12.0 Å². The minimum absolute atomic E-state index is 0.00178. The van der Waals surface area contributed by atoms with E-state index in [9.17, 15) is 14.4 Å². The molecule has 2 aromatic heterocycles. The topological polar surface area (TPSA) is 132 Å². The molecule has 0 aliphatic carbocycles. The zero-order valence-electron chi connectivity index (χ0n) is 19.9. The predicted octanol–water partition coefficient (Wildman–Crippen LogP) is 2.50. The second-order valence-electron chi connectivity index (χ2n) is 8.42. The molecule has 3 aromatic rings. The molecule has 0 radical (unpaired) electrons. The lowest BCUT2D eigenvalue weighted by atomic mass is 10.2. The number of aromatic amines is 1. The molecule has 0 saturated carbocycles. The molecule has 1 amide bonds. The number of nitrogens with zero attached hydrogens (tertiary/aromatic N) is 5. The van der Waals surface area contributed by atoms with Gasteiger partial charge in [-0.2, -0.15) is 0 Å². The SMILES string of the molecule is CCCCN(C(=O)CSc1nnc(-c2ccccc2)n1C)c1c(N)n(CC(C)C)c(=O)[nH]c1=O. The van der Waals surface area contributed by atoms with Crippen LogP contribution in [0.1, 0.15) is 33.6 Å². The summed E-state index contributed by atoms with van der Waals surface area (Å²) in [6.45, 7) is 6.53. The van der Waals surface area contributed by atoms with Gasteiger partial charge in [-0.3, -0.25) is 19.1 Å². The van der Waals surface area contributed by atoms with Crippen LogP contribution >= 0.6 is 11.8 Å². The number of carbonyl (C=O) groups is 1. The molecule has 2 heterocycles. The van der Waals surface area contributed by atoms with Crippen molar-refractivity contribution in [2.75, 3.05) is 22.9 Å². The van der Waals surface area contributed by atoms with Gasteiger partial charge in [0.2, 0.25) is 5.91 Å². The number of rotatable bonds is 10. The monoisotopic (exact) mass is 485 g/mol. The van der Waals surface area contributed by atoms with Gasteiger partial charge in [0.05, 0.1) is 5.75 Å². The largest absolute Gasteiger partial charge is 0.383 e. The number of hydrogen-bond acceptors (Lipinski definition) is 7. The van der Waals surface area contributed by atoms with Crippen molar-refractivity contribution in [1.29, 1.82) is 0 Å². The molecule has 3 N–H and O–H groups in total. The first-order valence-corrected chi connectivity index (χ1v) is 12.2. The normalized spacial score (nSPS) is 11.2. The van der Waals surface area contributed by atoms with Gasteiger partial charge in [0.1, 0.15) is 5.82 Å². The van der Waals surface area contributed by atoms with Gasteiger partial charge in [0, 0.05) is 25.7 Å². The van der Waals surface area contributed by atoms with Crippen LogP contribution in [0.5, 0.6) is 0 Å². The van der Waals surface area contributed by atoms with Crippen LogP contribution in [0.15, 0.2) is 45.1 Å². The maximum atomic E-state index is 13.3. The number of unbranched alkanes of at least 4 members (excludes halogenated alkanes) is 1. The van der Waals surface area contributed by atoms with Gasteiger partial charge in [-0.1, -0.05) is 69.3 Å². The number of nitrogens with two attached hydrogens (primary N) is 1. The number of amides is 1. The third kappa shape index (κ3) is 5.58. The summed E-state index contributed by atoms with van der Waals surface area (Å²) in [7, 11) is 1.84. The van der Waals surface area contributed by atoms with Gasteiger partial charge >= 0.3 is 5.69 Å². The summed E-state index contributed by atoms with van der Waals surface area (Å²) < 4.78 is 3.14. The van der Waals surface area contributed by atoms with Gasteiger partial charge in [0.15, 0.2) is 16.7 Å². The Hall–Kier alpha value is -3.34. The molecule has 1 aromatic carbocycles. The zero-order chi connectivity index (χ0) is 24.8. The van der Waals surface area contributed by atoms with Crippen molar-refractivity contribution in [3.8, 4) is 11.4 Å². The molecule has 0 spiro atoms. The van der Waals surface area contributed by atoms with Gasteiger partial charge < -0.3 is 15.2 Å². The summed E-state index contributed by atoms with van der Waals surface area (Å²) in [5.74, 6) is 0.562. The van der Waals surface area contributed by atoms with E-state index < -0.39 is 11.2 Å². The van der Waals surface area contributed by atoms with E-state index in [1.54, 1.807) is 0 Å². The number of aromatic nitrogens is 5. The molecule has 0 fully saturated rings. The lowest BCUT2D eigenvalue weighted by Gasteiger charge is -2.24. The summed E-state index contributed by atoms with van der Waals surface area (Å²) in [4.78, 5) is 42.0. The molecule has 0 aliphatic heterocycles. The average Bonchev–Trinajstić information content (AvgIpc) is 3.17. The molecule has 3 rings (SSSR count). The molecule has 0 atom stereocenters. The maximum absolute atomic E-state index is 13.3. The maximum Gasteiger partial charge on any atom is 0.330 e. The summed E-state index contributed by atoms with van der Waals surface area (Å²) in [6, 6.07) is 9.66. The Bertz CT molecular complexity index is 1250. The minimum Gasteiger partial charge on any atom is -0.383 e. The lowest BCUT2D eigenvalue weighted by molar-refractivity contribution is -0.116. The Morgan fingerprint density at radius 1 is 1.21 bits per heavy atom. The van der Waals surface area contributed by atoms with Gasteiger partial charge in [0.25, 0.3) is 5.56 Å². The molecule has 0 bridgehead atoms. The Kier molecular flexibility index (Phi) is 8.32. The number of hydrogen-bond donors (Lipinski definition) is 2. The zero-order valence-corrected chi connectivity index (χ0v) is 20.8. The van der Waals surface area contributed by atoms with Crippen LogP contribution in [0.2, 0.25) is 0 Å². The van der Waals surface area contributed by atoms with Crippen LogP contribution in [-0.4, -0.2) is 42.5 Å². The fourth-order valence-corrected chi connectivity index (χ4v) is 4.33. The van der Waals surface area contributed by atoms with Crippen LogP contribution in [-0.2, 0) is 18.4 Å². The van der Waals surface area contributed by atoms with E-state index in [-0.39, 0.29) is 29.1 Å². The number of carbonyl (C=O) groups excluding carboxylic acids is 1. The number of nitrogen functional groups attached to an aromatic ring is 1. The average molecular weight is 486 g/mol. The van der Waals surface area contributed by atoms with Crippen LogP contribution < -0.4 is 21.9 Å². The first-order chi connectivity index (χ1) is 16.2. The highest BCUT2D eigenvalue weighted by atomic mass is 32.2. The summed E-state index contributed by atoms with van der Waals surface area (Å²) in [5.41, 5.74) is 5.95. The van der Waals surface area contributed by atoms with Gasteiger partial charge in [-0.25, -0.2) is 4.79 Å². The van der Waals surface area contributed by atoms with Crippen LogP contribution in [0.25, 0.3) is 11.4 Å². The summed E-state index contributed by atoms with van der Waals surface area (Å²) >= 11 is 1.23. The Morgan fingerprint density at radius 3 is 2.56 bits per heavy atom. The van der Waals surface area contributed by atoms with Crippen molar-refractivity contribution in [2.24, 2.45) is 13.0 Å². The number of H-pyrrole nitrogens is 1. The molecule has 0 saturated heterocycles. The van der Waals surface area contributed by atoms with E-state index in [4.69, 9.17) is 5.73 Å². The molecular formula is C23H31N7O3S. The molecule has 34 heavy (non-hydrogen) atoms. The smallest absolute Gasteiger partial charge is 0.330 e. The highest BCUT2D eigenvalue weighted by molar-refractivity contribution is 7.99. The fraction of sp³-hybridized carbons (Fsp3) is 0.435. The summed E-state index contributed by atoms with van der Waals surface area (Å²) in [6.07, 6.45) is 1.50. The van der Waals surface area contributed by atoms with E-state index in [1.807, 2.05) is 62.7 Å². The second-order valence-corrected chi connectivity index (χ2v) is 9.36. The van der Waals surface area contributed by atoms with Gasteiger partial charge in [-0.05, 0) is 12.3 Å². The molecular weight excluding hydrogens is 454 g/mol.